The summed E-state index contributed by atoms with van der Waals surface area (Å²) in [6, 6.07) is 10.3. The van der Waals surface area contributed by atoms with Gasteiger partial charge in [-0.25, -0.2) is 9.97 Å². The zero-order valence-electron chi connectivity index (χ0n) is 13.9. The number of rotatable bonds is 4. The van der Waals surface area contributed by atoms with E-state index in [2.05, 4.69) is 15.3 Å². The second-order valence-corrected chi connectivity index (χ2v) is 5.98. The molecule has 7 heteroatoms. The lowest BCUT2D eigenvalue weighted by Gasteiger charge is -2.13. The maximum atomic E-state index is 12.3. The second kappa shape index (κ2) is 6.97. The van der Waals surface area contributed by atoms with Crippen LogP contribution in [0, 0.1) is 0 Å². The maximum absolute atomic E-state index is 12.3. The molecule has 0 aliphatic carbocycles. The number of benzene rings is 1. The van der Waals surface area contributed by atoms with E-state index in [4.69, 9.17) is 9.47 Å². The van der Waals surface area contributed by atoms with Crippen LogP contribution in [-0.2, 0) is 4.74 Å². The van der Waals surface area contributed by atoms with Crippen LogP contribution in [0.5, 0.6) is 11.6 Å². The molecule has 2 N–H and O–H groups in total. The lowest BCUT2D eigenvalue weighted by molar-refractivity contribution is 0.101. The molecule has 1 aromatic carbocycles. The molecule has 26 heavy (non-hydrogen) atoms. The molecule has 3 heterocycles. The van der Waals surface area contributed by atoms with Crippen molar-refractivity contribution in [1.82, 2.24) is 9.97 Å². The summed E-state index contributed by atoms with van der Waals surface area (Å²) in [5.74, 6) is -0.0845. The van der Waals surface area contributed by atoms with Crippen LogP contribution in [0.15, 0.2) is 48.8 Å². The minimum Gasteiger partial charge on any atom is -0.505 e. The molecule has 0 radical (unpaired) electrons. The van der Waals surface area contributed by atoms with E-state index in [9.17, 15) is 9.90 Å². The van der Waals surface area contributed by atoms with Crippen LogP contribution in [0.1, 0.15) is 16.9 Å². The van der Waals surface area contributed by atoms with Gasteiger partial charge in [0.2, 0.25) is 5.88 Å². The first-order valence-corrected chi connectivity index (χ1v) is 8.29. The number of amides is 1. The molecule has 1 saturated heterocycles. The number of nitrogens with one attached hydrogen (secondary N) is 1. The smallest absolute Gasteiger partial charge is 0.278 e. The third kappa shape index (κ3) is 3.29. The molecular formula is C19H17N3O4. The summed E-state index contributed by atoms with van der Waals surface area (Å²) in [7, 11) is 0. The Morgan fingerprint density at radius 1 is 1.23 bits per heavy atom. The Morgan fingerprint density at radius 3 is 2.96 bits per heavy atom. The Labute approximate surface area is 149 Å². The molecule has 0 spiro atoms. The average Bonchev–Trinajstić information content (AvgIpc) is 3.15. The normalized spacial score (nSPS) is 16.5. The predicted molar refractivity (Wildman–Crippen MR) is 95.5 cm³/mol. The summed E-state index contributed by atoms with van der Waals surface area (Å²) in [4.78, 5) is 20.5. The van der Waals surface area contributed by atoms with Crippen molar-refractivity contribution in [2.75, 3.05) is 18.5 Å². The van der Waals surface area contributed by atoms with Gasteiger partial charge in [-0.1, -0.05) is 0 Å². The van der Waals surface area contributed by atoms with E-state index in [1.807, 2.05) is 18.2 Å². The number of ether oxygens (including phenoxy) is 2. The van der Waals surface area contributed by atoms with Crippen molar-refractivity contribution in [2.45, 2.75) is 12.5 Å². The second-order valence-electron chi connectivity index (χ2n) is 5.98. The molecule has 1 amide bonds. The molecule has 2 aromatic heterocycles. The molecule has 1 fully saturated rings. The summed E-state index contributed by atoms with van der Waals surface area (Å²) in [5.41, 5.74) is 0.571. The number of aromatic hydroxyl groups is 1. The number of aromatic nitrogens is 2. The first kappa shape index (κ1) is 16.3. The summed E-state index contributed by atoms with van der Waals surface area (Å²) >= 11 is 0. The van der Waals surface area contributed by atoms with Crippen LogP contribution >= 0.6 is 0 Å². The van der Waals surface area contributed by atoms with Crippen LogP contribution < -0.4 is 10.1 Å². The van der Waals surface area contributed by atoms with Crippen LogP contribution in [0.2, 0.25) is 0 Å². The van der Waals surface area contributed by atoms with E-state index in [0.29, 0.717) is 24.8 Å². The van der Waals surface area contributed by atoms with Gasteiger partial charge >= 0.3 is 0 Å². The minimum atomic E-state index is -0.476. The first-order chi connectivity index (χ1) is 12.7. The van der Waals surface area contributed by atoms with Crippen LogP contribution in [-0.4, -0.2) is 40.3 Å². The highest BCUT2D eigenvalue weighted by atomic mass is 16.5. The number of hydrogen-bond acceptors (Lipinski definition) is 6. The van der Waals surface area contributed by atoms with Gasteiger partial charge in [-0.2, -0.15) is 0 Å². The monoisotopic (exact) mass is 351 g/mol. The highest BCUT2D eigenvalue weighted by molar-refractivity contribution is 6.05. The zero-order valence-corrected chi connectivity index (χ0v) is 13.9. The van der Waals surface area contributed by atoms with Crippen molar-refractivity contribution in [3.63, 3.8) is 0 Å². The van der Waals surface area contributed by atoms with E-state index >= 15 is 0 Å². The van der Waals surface area contributed by atoms with Gasteiger partial charge in [-0.15, -0.1) is 0 Å². The fraction of sp³-hybridized carbons (Fsp3) is 0.211. The van der Waals surface area contributed by atoms with E-state index in [-0.39, 0.29) is 17.5 Å². The highest BCUT2D eigenvalue weighted by Crippen LogP contribution is 2.28. The fourth-order valence-corrected chi connectivity index (χ4v) is 2.85. The molecule has 7 nitrogen and oxygen atoms in total. The Hall–Kier alpha value is -3.19. The molecule has 1 atom stereocenters. The van der Waals surface area contributed by atoms with E-state index in [0.717, 1.165) is 17.2 Å². The molecule has 132 valence electrons. The first-order valence-electron chi connectivity index (χ1n) is 8.29. The number of nitrogens with zero attached hydrogens (tertiary/aromatic N) is 2. The van der Waals surface area contributed by atoms with Gasteiger partial charge in [0.25, 0.3) is 5.91 Å². The SMILES string of the molecule is O=C(Nc1ccc2c(O[C@H]3CCOC3)nccc2c1)c1ncccc1O. The van der Waals surface area contributed by atoms with Gasteiger partial charge in [0.15, 0.2) is 5.69 Å². The van der Waals surface area contributed by atoms with Crippen molar-refractivity contribution >= 4 is 22.4 Å². The standard InChI is InChI=1S/C19H17N3O4/c23-16-2-1-7-20-17(16)18(24)22-13-3-4-15-12(10-13)5-8-21-19(15)26-14-6-9-25-11-14/h1-5,7-8,10,14,23H,6,9,11H2,(H,22,24)/t14-/m0/s1. The third-order valence-corrected chi connectivity index (χ3v) is 4.15. The van der Waals surface area contributed by atoms with Crippen molar-refractivity contribution in [3.8, 4) is 11.6 Å². The lowest BCUT2D eigenvalue weighted by Crippen LogP contribution is -2.16. The van der Waals surface area contributed by atoms with Gasteiger partial charge in [0.1, 0.15) is 11.9 Å². The summed E-state index contributed by atoms with van der Waals surface area (Å²) in [6.07, 6.45) is 3.99. The zero-order chi connectivity index (χ0) is 17.9. The number of carbonyl (C=O) groups excluding carboxylic acids is 1. The largest absolute Gasteiger partial charge is 0.505 e. The van der Waals surface area contributed by atoms with Crippen molar-refractivity contribution < 1.29 is 19.4 Å². The van der Waals surface area contributed by atoms with Gasteiger partial charge < -0.3 is 19.9 Å². The maximum Gasteiger partial charge on any atom is 0.278 e. The Morgan fingerprint density at radius 2 is 2.15 bits per heavy atom. The number of pyridine rings is 2. The molecule has 0 bridgehead atoms. The Balaban J connectivity index is 1.58. The van der Waals surface area contributed by atoms with E-state index in [1.54, 1.807) is 18.3 Å². The van der Waals surface area contributed by atoms with Crippen LogP contribution in [0.3, 0.4) is 0 Å². The molecular weight excluding hydrogens is 334 g/mol. The highest BCUT2D eigenvalue weighted by Gasteiger charge is 2.19. The summed E-state index contributed by atoms with van der Waals surface area (Å²) in [5, 5.41) is 14.2. The number of anilines is 1. The van der Waals surface area contributed by atoms with Gasteiger partial charge in [0, 0.05) is 29.9 Å². The summed E-state index contributed by atoms with van der Waals surface area (Å²) in [6.45, 7) is 1.27. The molecule has 1 aliphatic heterocycles. The van der Waals surface area contributed by atoms with Gasteiger partial charge in [0.05, 0.1) is 13.2 Å². The number of hydrogen-bond donors (Lipinski definition) is 2. The van der Waals surface area contributed by atoms with E-state index in [1.165, 1.54) is 12.3 Å². The number of fused-ring (bicyclic) bond motifs is 1. The average molecular weight is 351 g/mol. The van der Waals surface area contributed by atoms with Gasteiger partial charge in [-0.05, 0) is 41.8 Å². The fourth-order valence-electron chi connectivity index (χ4n) is 2.85. The molecule has 4 rings (SSSR count). The molecule has 0 saturated carbocycles. The van der Waals surface area contributed by atoms with Crippen LogP contribution in [0.4, 0.5) is 5.69 Å². The Bertz CT molecular complexity index is 954. The van der Waals surface area contributed by atoms with E-state index < -0.39 is 5.91 Å². The Kier molecular flexibility index (Phi) is 4.37. The van der Waals surface area contributed by atoms with Gasteiger partial charge in [-0.3, -0.25) is 4.79 Å². The molecule has 1 aliphatic rings. The lowest BCUT2D eigenvalue weighted by atomic mass is 10.1. The number of carbonyl (C=O) groups is 1. The van der Waals surface area contributed by atoms with Crippen molar-refractivity contribution in [1.29, 1.82) is 0 Å². The van der Waals surface area contributed by atoms with Crippen LogP contribution in [0.25, 0.3) is 10.8 Å². The minimum absolute atomic E-state index is 0.0135. The summed E-state index contributed by atoms with van der Waals surface area (Å²) < 4.78 is 11.3. The van der Waals surface area contributed by atoms with Crippen molar-refractivity contribution in [2.24, 2.45) is 0 Å². The molecule has 0 unspecified atom stereocenters. The molecule has 3 aromatic rings. The predicted octanol–water partition coefficient (Wildman–Crippen LogP) is 2.76. The quantitative estimate of drug-likeness (QED) is 0.751. The topological polar surface area (TPSA) is 93.6 Å². The third-order valence-electron chi connectivity index (χ3n) is 4.15. The van der Waals surface area contributed by atoms with Crippen molar-refractivity contribution in [3.05, 3.63) is 54.5 Å².